The average molecular weight is 424 g/mol. The summed E-state index contributed by atoms with van der Waals surface area (Å²) in [5, 5.41) is 11.6. The molecule has 0 aliphatic carbocycles. The van der Waals surface area contributed by atoms with Crippen LogP contribution in [0.5, 0.6) is 0 Å². The van der Waals surface area contributed by atoms with Crippen molar-refractivity contribution in [1.82, 2.24) is 5.32 Å². The molecule has 1 rings (SSSR count). The Balaban J connectivity index is 2.70. The van der Waals surface area contributed by atoms with Crippen molar-refractivity contribution in [2.75, 3.05) is 0 Å². The first-order valence-corrected chi connectivity index (χ1v) is 9.25. The van der Waals surface area contributed by atoms with Crippen LogP contribution in [0, 0.1) is 0 Å². The lowest BCUT2D eigenvalue weighted by Gasteiger charge is -2.28. The van der Waals surface area contributed by atoms with Gasteiger partial charge in [0.25, 0.3) is 0 Å². The number of nitrogens with one attached hydrogen (secondary N) is 1. The second-order valence-electron chi connectivity index (χ2n) is 7.70. The number of benzene rings is 1. The predicted octanol–water partition coefficient (Wildman–Crippen LogP) is 1.06. The number of carbonyl (C=O) groups is 4. The van der Waals surface area contributed by atoms with Gasteiger partial charge in [0.1, 0.15) is 18.2 Å². The standard InChI is InChI=1S/C20H29N3O7/c1-19(2,3)30-17(27)20(22,16(25)26)11-7-10-14(15(21)24)23-18(28)29-12-13-8-5-4-6-9-13/h4-6,8-9,14H,7,10-12,22H2,1-3H3,(H2,21,24)(H,23,28)(H,25,26)/i12D. The van der Waals surface area contributed by atoms with Crippen molar-refractivity contribution in [2.45, 2.75) is 63.8 Å². The second kappa shape index (κ2) is 10.6. The molecule has 10 nitrogen and oxygen atoms in total. The molecule has 0 heterocycles. The number of amides is 2. The lowest BCUT2D eigenvalue weighted by molar-refractivity contribution is -0.169. The molecule has 0 spiro atoms. The number of hydrogen-bond donors (Lipinski definition) is 4. The normalized spacial score (nSPS) is 15.7. The summed E-state index contributed by atoms with van der Waals surface area (Å²) in [6.45, 7) is 3.40. The zero-order valence-corrected chi connectivity index (χ0v) is 17.2. The SMILES string of the molecule is [2H]C(OC(=O)NC(CCCC(N)(C(=O)O)C(=O)OC(C)(C)C)C(N)=O)c1ccccc1. The van der Waals surface area contributed by atoms with Crippen molar-refractivity contribution in [3.05, 3.63) is 35.9 Å². The van der Waals surface area contributed by atoms with E-state index < -0.39 is 47.7 Å². The van der Waals surface area contributed by atoms with Crippen LogP contribution in [0.3, 0.4) is 0 Å². The number of nitrogens with two attached hydrogens (primary N) is 2. The fourth-order valence-corrected chi connectivity index (χ4v) is 2.37. The maximum atomic E-state index is 12.2. The van der Waals surface area contributed by atoms with E-state index in [2.05, 4.69) is 5.32 Å². The fourth-order valence-electron chi connectivity index (χ4n) is 2.37. The molecule has 0 fully saturated rings. The molecule has 0 bridgehead atoms. The van der Waals surface area contributed by atoms with Crippen LogP contribution >= 0.6 is 0 Å². The first-order valence-electron chi connectivity index (χ1n) is 9.83. The highest BCUT2D eigenvalue weighted by Gasteiger charge is 2.45. The molecule has 2 amide bonds. The Labute approximate surface area is 176 Å². The fraction of sp³-hybridized carbons (Fsp3) is 0.500. The van der Waals surface area contributed by atoms with E-state index in [0.29, 0.717) is 5.56 Å². The van der Waals surface area contributed by atoms with E-state index in [4.69, 9.17) is 22.3 Å². The minimum Gasteiger partial charge on any atom is -0.479 e. The first-order chi connectivity index (χ1) is 14.3. The van der Waals surface area contributed by atoms with Crippen LogP contribution in [0.2, 0.25) is 0 Å². The van der Waals surface area contributed by atoms with Crippen molar-refractivity contribution in [2.24, 2.45) is 11.5 Å². The molecule has 30 heavy (non-hydrogen) atoms. The summed E-state index contributed by atoms with van der Waals surface area (Å²) in [6.07, 6.45) is -1.55. The molecule has 0 aliphatic heterocycles. The number of carbonyl (C=O) groups excluding carboxylic acids is 3. The Morgan fingerprint density at radius 1 is 1.20 bits per heavy atom. The van der Waals surface area contributed by atoms with Crippen LogP contribution in [0.4, 0.5) is 4.79 Å². The largest absolute Gasteiger partial charge is 0.479 e. The summed E-state index contributed by atoms with van der Waals surface area (Å²) in [6, 6.07) is 7.07. The minimum atomic E-state index is -2.32. The molecule has 0 saturated carbocycles. The molecular formula is C20H29N3O7. The number of aliphatic carboxylic acids is 1. The maximum Gasteiger partial charge on any atom is 0.408 e. The van der Waals surface area contributed by atoms with Crippen molar-refractivity contribution in [1.29, 1.82) is 0 Å². The van der Waals surface area contributed by atoms with Gasteiger partial charge < -0.3 is 31.4 Å². The van der Waals surface area contributed by atoms with E-state index in [1.165, 1.54) is 0 Å². The Hall–Kier alpha value is -3.14. The third-order valence-electron chi connectivity index (χ3n) is 3.95. The van der Waals surface area contributed by atoms with Gasteiger partial charge in [-0.1, -0.05) is 30.3 Å². The molecule has 0 radical (unpaired) electrons. The third-order valence-corrected chi connectivity index (χ3v) is 3.95. The maximum absolute atomic E-state index is 12.2. The topological polar surface area (TPSA) is 171 Å². The van der Waals surface area contributed by atoms with Crippen molar-refractivity contribution in [3.8, 4) is 0 Å². The van der Waals surface area contributed by atoms with Crippen LogP contribution in [0.25, 0.3) is 0 Å². The number of esters is 1. The zero-order chi connectivity index (χ0) is 23.8. The number of alkyl carbamates (subject to hydrolysis) is 1. The summed E-state index contributed by atoms with van der Waals surface area (Å²) in [7, 11) is 0. The van der Waals surface area contributed by atoms with Crippen molar-refractivity contribution in [3.63, 3.8) is 0 Å². The molecule has 1 aromatic rings. The molecule has 1 aromatic carbocycles. The van der Waals surface area contributed by atoms with E-state index in [1.807, 2.05) is 0 Å². The quantitative estimate of drug-likeness (QED) is 0.319. The Kier molecular flexibility index (Phi) is 8.16. The number of hydrogen-bond acceptors (Lipinski definition) is 7. The van der Waals surface area contributed by atoms with Crippen LogP contribution in [-0.2, 0) is 30.4 Å². The number of carboxylic acid groups (broad SMARTS) is 1. The molecule has 6 N–H and O–H groups in total. The summed E-state index contributed by atoms with van der Waals surface area (Å²) in [4.78, 5) is 47.5. The van der Waals surface area contributed by atoms with Crippen LogP contribution in [0.1, 0.15) is 47.0 Å². The van der Waals surface area contributed by atoms with Gasteiger partial charge in [0.2, 0.25) is 11.4 Å². The highest BCUT2D eigenvalue weighted by Crippen LogP contribution is 2.19. The first kappa shape index (κ1) is 23.1. The molecule has 0 aromatic heterocycles. The third kappa shape index (κ3) is 8.08. The van der Waals surface area contributed by atoms with Gasteiger partial charge in [-0.3, -0.25) is 4.79 Å². The number of carboxylic acids is 1. The second-order valence-corrected chi connectivity index (χ2v) is 7.70. The number of primary amides is 1. The Morgan fingerprint density at radius 3 is 2.30 bits per heavy atom. The molecular weight excluding hydrogens is 394 g/mol. The Morgan fingerprint density at radius 2 is 1.80 bits per heavy atom. The monoisotopic (exact) mass is 424 g/mol. The van der Waals surface area contributed by atoms with E-state index in [9.17, 15) is 24.3 Å². The number of rotatable bonds is 10. The van der Waals surface area contributed by atoms with Crippen LogP contribution in [0.15, 0.2) is 30.3 Å². The van der Waals surface area contributed by atoms with Gasteiger partial charge in [-0.2, -0.15) is 0 Å². The van der Waals surface area contributed by atoms with Crippen molar-refractivity contribution < 1.29 is 35.1 Å². The highest BCUT2D eigenvalue weighted by molar-refractivity contribution is 6.03. The Bertz CT molecular complexity index is 798. The van der Waals surface area contributed by atoms with Crippen molar-refractivity contribution >= 4 is 23.9 Å². The number of ether oxygens (including phenoxy) is 2. The van der Waals surface area contributed by atoms with Gasteiger partial charge in [-0.05, 0) is 45.6 Å². The predicted molar refractivity (Wildman–Crippen MR) is 107 cm³/mol. The molecule has 166 valence electrons. The van der Waals surface area contributed by atoms with Gasteiger partial charge in [0.05, 0.1) is 1.37 Å². The van der Waals surface area contributed by atoms with E-state index in [1.54, 1.807) is 51.1 Å². The van der Waals surface area contributed by atoms with Crippen LogP contribution < -0.4 is 16.8 Å². The van der Waals surface area contributed by atoms with Gasteiger partial charge >= 0.3 is 18.0 Å². The smallest absolute Gasteiger partial charge is 0.408 e. The minimum absolute atomic E-state index is 0.0427. The van der Waals surface area contributed by atoms with Gasteiger partial charge in [0.15, 0.2) is 0 Å². The van der Waals surface area contributed by atoms with E-state index in [0.717, 1.165) is 0 Å². The molecule has 0 aliphatic rings. The molecule has 0 saturated heterocycles. The summed E-state index contributed by atoms with van der Waals surface area (Å²) < 4.78 is 17.8. The van der Waals surface area contributed by atoms with E-state index >= 15 is 0 Å². The van der Waals surface area contributed by atoms with E-state index in [-0.39, 0.29) is 19.3 Å². The van der Waals surface area contributed by atoms with Gasteiger partial charge in [-0.25, -0.2) is 14.4 Å². The lowest BCUT2D eigenvalue weighted by Crippen LogP contribution is -2.57. The van der Waals surface area contributed by atoms with Gasteiger partial charge in [0, 0.05) is 0 Å². The molecule has 3 unspecified atom stereocenters. The summed E-state index contributed by atoms with van der Waals surface area (Å²) in [5.41, 5.74) is 8.21. The molecule has 10 heteroatoms. The molecule has 3 atom stereocenters. The summed E-state index contributed by atoms with van der Waals surface area (Å²) in [5.74, 6) is -3.59. The lowest BCUT2D eigenvalue weighted by atomic mass is 9.92. The van der Waals surface area contributed by atoms with Gasteiger partial charge in [-0.15, -0.1) is 0 Å². The average Bonchev–Trinajstić information content (AvgIpc) is 2.65. The highest BCUT2D eigenvalue weighted by atomic mass is 16.6. The summed E-state index contributed by atoms with van der Waals surface area (Å²) >= 11 is 0. The zero-order valence-electron chi connectivity index (χ0n) is 18.2. The van der Waals surface area contributed by atoms with Crippen LogP contribution in [-0.4, -0.2) is 46.2 Å².